The smallest absolute Gasteiger partial charge is 0.166 e. The van der Waals surface area contributed by atoms with Crippen LogP contribution in [-0.4, -0.2) is 10.2 Å². The molecule has 2 N–H and O–H groups in total. The van der Waals surface area contributed by atoms with E-state index in [1.165, 1.54) is 6.07 Å². The highest BCUT2D eigenvalue weighted by atomic mass is 16.3. The van der Waals surface area contributed by atoms with E-state index in [1.807, 2.05) is 36.4 Å². The first-order chi connectivity index (χ1) is 8.72. The molecular weight excluding hydrogens is 226 g/mol. The van der Waals surface area contributed by atoms with Crippen molar-refractivity contribution in [3.63, 3.8) is 0 Å². The molecule has 88 valence electrons. The molecule has 0 radical (unpaired) electrons. The molecule has 0 aromatic heterocycles. The van der Waals surface area contributed by atoms with Crippen molar-refractivity contribution in [1.82, 2.24) is 0 Å². The minimum Gasteiger partial charge on any atom is -0.504 e. The summed E-state index contributed by atoms with van der Waals surface area (Å²) < 4.78 is 0. The molecule has 0 atom stereocenters. The molecule has 2 aromatic carbocycles. The zero-order valence-electron chi connectivity index (χ0n) is 9.54. The van der Waals surface area contributed by atoms with Gasteiger partial charge in [0.15, 0.2) is 11.5 Å². The Morgan fingerprint density at radius 2 is 1.72 bits per heavy atom. The van der Waals surface area contributed by atoms with E-state index in [0.29, 0.717) is 11.1 Å². The van der Waals surface area contributed by atoms with Gasteiger partial charge in [0.1, 0.15) is 0 Å². The molecule has 0 bridgehead atoms. The Morgan fingerprint density at radius 3 is 2.39 bits per heavy atom. The molecule has 0 spiro atoms. The van der Waals surface area contributed by atoms with E-state index >= 15 is 0 Å². The van der Waals surface area contributed by atoms with Crippen LogP contribution in [0.15, 0.2) is 48.5 Å². The SMILES string of the molecule is N#CC(=Cc1ccccc1)c1cccc(O)c1O. The number of hydrogen-bond donors (Lipinski definition) is 2. The Morgan fingerprint density at radius 1 is 1.00 bits per heavy atom. The van der Waals surface area contributed by atoms with Gasteiger partial charge >= 0.3 is 0 Å². The monoisotopic (exact) mass is 237 g/mol. The molecule has 0 amide bonds. The van der Waals surface area contributed by atoms with Gasteiger partial charge in [0.2, 0.25) is 0 Å². The summed E-state index contributed by atoms with van der Waals surface area (Å²) in [5.41, 5.74) is 1.48. The van der Waals surface area contributed by atoms with Gasteiger partial charge in [-0.1, -0.05) is 36.4 Å². The number of phenols is 2. The highest BCUT2D eigenvalue weighted by Gasteiger charge is 2.10. The van der Waals surface area contributed by atoms with Crippen molar-refractivity contribution < 1.29 is 10.2 Å². The van der Waals surface area contributed by atoms with Crippen molar-refractivity contribution >= 4 is 11.6 Å². The maximum atomic E-state index is 9.74. The average molecular weight is 237 g/mol. The number of phenolic OH excluding ortho intramolecular Hbond substituents is 2. The predicted octanol–water partition coefficient (Wildman–Crippen LogP) is 3.16. The second kappa shape index (κ2) is 5.07. The number of aromatic hydroxyl groups is 2. The van der Waals surface area contributed by atoms with Crippen LogP contribution in [-0.2, 0) is 0 Å². The zero-order chi connectivity index (χ0) is 13.0. The van der Waals surface area contributed by atoms with Crippen LogP contribution in [0.3, 0.4) is 0 Å². The van der Waals surface area contributed by atoms with Crippen LogP contribution in [0.4, 0.5) is 0 Å². The van der Waals surface area contributed by atoms with Gasteiger partial charge in [0.05, 0.1) is 11.6 Å². The molecule has 0 aliphatic heterocycles. The summed E-state index contributed by atoms with van der Waals surface area (Å²) in [6.07, 6.45) is 1.66. The van der Waals surface area contributed by atoms with Gasteiger partial charge in [-0.05, 0) is 23.8 Å². The third-order valence-corrected chi connectivity index (χ3v) is 2.54. The zero-order valence-corrected chi connectivity index (χ0v) is 9.54. The Bertz CT molecular complexity index is 625. The fourth-order valence-corrected chi connectivity index (χ4v) is 1.63. The number of benzene rings is 2. The standard InChI is InChI=1S/C15H11NO2/c16-10-12(9-11-5-2-1-3-6-11)13-7-4-8-14(17)15(13)18/h1-9,17-18H. The molecule has 3 nitrogen and oxygen atoms in total. The minimum absolute atomic E-state index is 0.235. The van der Waals surface area contributed by atoms with E-state index in [1.54, 1.807) is 18.2 Å². The molecule has 0 saturated carbocycles. The first-order valence-electron chi connectivity index (χ1n) is 5.40. The molecule has 18 heavy (non-hydrogen) atoms. The van der Waals surface area contributed by atoms with Crippen LogP contribution >= 0.6 is 0 Å². The van der Waals surface area contributed by atoms with Crippen LogP contribution in [0.25, 0.3) is 11.6 Å². The van der Waals surface area contributed by atoms with Gasteiger partial charge in [0, 0.05) is 5.56 Å². The summed E-state index contributed by atoms with van der Waals surface area (Å²) in [6, 6.07) is 15.9. The van der Waals surface area contributed by atoms with E-state index in [-0.39, 0.29) is 11.5 Å². The number of para-hydroxylation sites is 1. The summed E-state index contributed by atoms with van der Waals surface area (Å²) >= 11 is 0. The number of nitriles is 1. The highest BCUT2D eigenvalue weighted by molar-refractivity contribution is 5.92. The van der Waals surface area contributed by atoms with Gasteiger partial charge in [0.25, 0.3) is 0 Å². The number of allylic oxidation sites excluding steroid dienone is 1. The summed E-state index contributed by atoms with van der Waals surface area (Å²) in [5.74, 6) is -0.511. The first-order valence-corrected chi connectivity index (χ1v) is 5.40. The predicted molar refractivity (Wildman–Crippen MR) is 69.7 cm³/mol. The fraction of sp³-hybridized carbons (Fsp3) is 0. The van der Waals surface area contributed by atoms with Gasteiger partial charge in [-0.2, -0.15) is 5.26 Å². The lowest BCUT2D eigenvalue weighted by molar-refractivity contribution is 0.403. The lowest BCUT2D eigenvalue weighted by atomic mass is 10.0. The second-order valence-corrected chi connectivity index (χ2v) is 3.75. The maximum Gasteiger partial charge on any atom is 0.166 e. The van der Waals surface area contributed by atoms with Gasteiger partial charge in [-0.3, -0.25) is 0 Å². The van der Waals surface area contributed by atoms with Crippen molar-refractivity contribution in [2.24, 2.45) is 0 Å². The van der Waals surface area contributed by atoms with E-state index < -0.39 is 0 Å². The molecule has 2 aromatic rings. The second-order valence-electron chi connectivity index (χ2n) is 3.75. The fourth-order valence-electron chi connectivity index (χ4n) is 1.63. The van der Waals surface area contributed by atoms with Crippen LogP contribution in [0.1, 0.15) is 11.1 Å². The van der Waals surface area contributed by atoms with E-state index in [0.717, 1.165) is 5.56 Å². The van der Waals surface area contributed by atoms with Crippen molar-refractivity contribution in [3.8, 4) is 17.6 Å². The van der Waals surface area contributed by atoms with Crippen molar-refractivity contribution in [3.05, 3.63) is 59.7 Å². The first kappa shape index (κ1) is 11.7. The minimum atomic E-state index is -0.277. The summed E-state index contributed by atoms with van der Waals surface area (Å²) in [6.45, 7) is 0. The molecule has 0 unspecified atom stereocenters. The molecule has 3 heteroatoms. The molecule has 0 saturated heterocycles. The van der Waals surface area contributed by atoms with E-state index in [9.17, 15) is 10.2 Å². The highest BCUT2D eigenvalue weighted by Crippen LogP contribution is 2.33. The molecule has 2 rings (SSSR count). The largest absolute Gasteiger partial charge is 0.504 e. The average Bonchev–Trinajstić information content (AvgIpc) is 2.41. The summed E-state index contributed by atoms with van der Waals surface area (Å²) in [7, 11) is 0. The van der Waals surface area contributed by atoms with Crippen molar-refractivity contribution in [2.75, 3.05) is 0 Å². The summed E-state index contributed by atoms with van der Waals surface area (Å²) in [4.78, 5) is 0. The van der Waals surface area contributed by atoms with Crippen LogP contribution in [0.2, 0.25) is 0 Å². The molecule has 0 aliphatic rings. The van der Waals surface area contributed by atoms with Gasteiger partial charge in [-0.15, -0.1) is 0 Å². The van der Waals surface area contributed by atoms with Crippen LogP contribution in [0, 0.1) is 11.3 Å². The number of rotatable bonds is 2. The van der Waals surface area contributed by atoms with E-state index in [2.05, 4.69) is 0 Å². The van der Waals surface area contributed by atoms with Crippen molar-refractivity contribution in [1.29, 1.82) is 5.26 Å². The lowest BCUT2D eigenvalue weighted by Crippen LogP contribution is -1.84. The third-order valence-electron chi connectivity index (χ3n) is 2.54. The topological polar surface area (TPSA) is 64.2 Å². The summed E-state index contributed by atoms with van der Waals surface area (Å²) in [5, 5.41) is 28.3. The van der Waals surface area contributed by atoms with Crippen LogP contribution in [0.5, 0.6) is 11.5 Å². The Balaban J connectivity index is 2.51. The molecular formula is C15H11NO2. The van der Waals surface area contributed by atoms with Gasteiger partial charge < -0.3 is 10.2 Å². The number of nitrogens with zero attached hydrogens (tertiary/aromatic N) is 1. The number of hydrogen-bond acceptors (Lipinski definition) is 3. The Labute approximate surface area is 105 Å². The molecule has 0 aliphatic carbocycles. The molecule has 0 fully saturated rings. The Kier molecular flexibility index (Phi) is 3.31. The van der Waals surface area contributed by atoms with Gasteiger partial charge in [-0.25, -0.2) is 0 Å². The molecule has 0 heterocycles. The van der Waals surface area contributed by atoms with E-state index in [4.69, 9.17) is 5.26 Å². The third kappa shape index (κ3) is 2.33. The maximum absolute atomic E-state index is 9.74. The van der Waals surface area contributed by atoms with Crippen molar-refractivity contribution in [2.45, 2.75) is 0 Å². The lowest BCUT2D eigenvalue weighted by Gasteiger charge is -2.04. The van der Waals surface area contributed by atoms with Crippen LogP contribution < -0.4 is 0 Å². The quantitative estimate of drug-likeness (QED) is 0.479. The normalized spacial score (nSPS) is 10.9. The Hall–Kier alpha value is -2.73.